The van der Waals surface area contributed by atoms with Crippen LogP contribution in [0.25, 0.3) is 0 Å². The number of rotatable bonds is 21. The van der Waals surface area contributed by atoms with Crippen molar-refractivity contribution in [1.29, 1.82) is 0 Å². The molecule has 0 aromatic heterocycles. The van der Waals surface area contributed by atoms with Crippen molar-refractivity contribution in [3.05, 3.63) is 12.2 Å². The molecule has 0 aromatic carbocycles. The van der Waals surface area contributed by atoms with Gasteiger partial charge < -0.3 is 14.6 Å². The molecule has 0 radical (unpaired) electrons. The first kappa shape index (κ1) is 26.6. The van der Waals surface area contributed by atoms with Gasteiger partial charge in [0, 0.05) is 12.2 Å². The minimum absolute atomic E-state index is 0.157. The van der Waals surface area contributed by atoms with Crippen molar-refractivity contribution in [2.24, 2.45) is 0 Å². The van der Waals surface area contributed by atoms with Gasteiger partial charge in [-0.3, -0.25) is 4.79 Å². The zero-order valence-corrected chi connectivity index (χ0v) is 18.0. The maximum atomic E-state index is 11.3. The zero-order chi connectivity index (χ0) is 20.9. The van der Waals surface area contributed by atoms with Crippen LogP contribution in [0.1, 0.15) is 103 Å². The summed E-state index contributed by atoms with van der Waals surface area (Å²) in [5.41, 5.74) is -0.159. The summed E-state index contributed by atoms with van der Waals surface area (Å²) in [6, 6.07) is 0. The summed E-state index contributed by atoms with van der Waals surface area (Å²) in [5.74, 6) is -1.75. The Bertz CT molecular complexity index is 406. The molecule has 0 saturated heterocycles. The highest BCUT2D eigenvalue weighted by atomic mass is 16.6. The van der Waals surface area contributed by atoms with E-state index in [4.69, 9.17) is 14.6 Å². The minimum atomic E-state index is -1.17. The van der Waals surface area contributed by atoms with E-state index in [0.717, 1.165) is 6.42 Å². The van der Waals surface area contributed by atoms with Crippen LogP contribution in [-0.2, 0) is 19.1 Å². The molecule has 0 aromatic rings. The third kappa shape index (κ3) is 19.4. The third-order valence-electron chi connectivity index (χ3n) is 4.79. The monoisotopic (exact) mass is 398 g/mol. The van der Waals surface area contributed by atoms with Crippen LogP contribution in [-0.4, -0.2) is 36.9 Å². The number of hydrogen-bond donors (Lipinski definition) is 1. The fourth-order valence-corrected chi connectivity index (χ4v) is 3.02. The Labute approximate surface area is 171 Å². The van der Waals surface area contributed by atoms with Crippen LogP contribution in [0.15, 0.2) is 12.2 Å². The van der Waals surface area contributed by atoms with Crippen LogP contribution in [0, 0.1) is 0 Å². The van der Waals surface area contributed by atoms with Crippen LogP contribution in [0.5, 0.6) is 0 Å². The number of ether oxygens (including phenoxy) is 2. The average molecular weight is 399 g/mol. The van der Waals surface area contributed by atoms with Crippen molar-refractivity contribution >= 4 is 11.9 Å². The largest absolute Gasteiger partial charge is 0.478 e. The quantitative estimate of drug-likeness (QED) is 0.145. The number of carbonyl (C=O) groups excluding carboxylic acids is 1. The number of carbonyl (C=O) groups is 2. The van der Waals surface area contributed by atoms with Crippen LogP contribution in [0.4, 0.5) is 0 Å². The first-order valence-corrected chi connectivity index (χ1v) is 11.2. The van der Waals surface area contributed by atoms with E-state index in [0.29, 0.717) is 13.2 Å². The van der Waals surface area contributed by atoms with Gasteiger partial charge in [0.15, 0.2) is 0 Å². The molecule has 5 nitrogen and oxygen atoms in total. The van der Waals surface area contributed by atoms with Crippen molar-refractivity contribution in [3.8, 4) is 0 Å². The third-order valence-corrected chi connectivity index (χ3v) is 4.79. The van der Waals surface area contributed by atoms with E-state index in [2.05, 4.69) is 13.5 Å². The molecule has 0 bridgehead atoms. The van der Waals surface area contributed by atoms with Gasteiger partial charge in [0.1, 0.15) is 6.61 Å². The van der Waals surface area contributed by atoms with Gasteiger partial charge in [0.25, 0.3) is 0 Å². The van der Waals surface area contributed by atoms with Gasteiger partial charge in [0.2, 0.25) is 0 Å². The Balaban J connectivity index is 3.17. The number of unbranched alkanes of at least 4 members (excludes halogenated alkanes) is 13. The lowest BCUT2D eigenvalue weighted by atomic mass is 10.0. The fraction of sp³-hybridized carbons (Fsp3) is 0.826. The van der Waals surface area contributed by atoms with Crippen LogP contribution < -0.4 is 0 Å². The van der Waals surface area contributed by atoms with Crippen molar-refractivity contribution in [2.75, 3.05) is 19.8 Å². The van der Waals surface area contributed by atoms with E-state index in [9.17, 15) is 9.59 Å². The fourth-order valence-electron chi connectivity index (χ4n) is 3.02. The van der Waals surface area contributed by atoms with Crippen LogP contribution in [0.2, 0.25) is 0 Å². The molecule has 0 aliphatic heterocycles. The molecule has 28 heavy (non-hydrogen) atoms. The predicted octanol–water partition coefficient (Wildman–Crippen LogP) is 6.06. The molecular formula is C23H42O5. The lowest BCUT2D eigenvalue weighted by molar-refractivity contribution is -0.146. The topological polar surface area (TPSA) is 72.8 Å². The molecule has 0 fully saturated rings. The molecule has 5 heteroatoms. The molecule has 0 atom stereocenters. The number of hydrogen-bond acceptors (Lipinski definition) is 4. The summed E-state index contributed by atoms with van der Waals surface area (Å²) in [4.78, 5) is 21.9. The molecule has 0 unspecified atom stereocenters. The number of esters is 1. The Morgan fingerprint density at radius 1 is 0.714 bits per heavy atom. The second-order valence-corrected chi connectivity index (χ2v) is 7.51. The molecular weight excluding hydrogens is 356 g/mol. The highest BCUT2D eigenvalue weighted by Crippen LogP contribution is 2.12. The predicted molar refractivity (Wildman–Crippen MR) is 113 cm³/mol. The molecule has 0 heterocycles. The summed E-state index contributed by atoms with van der Waals surface area (Å²) in [6.07, 6.45) is 18.3. The van der Waals surface area contributed by atoms with Gasteiger partial charge in [-0.1, -0.05) is 97.0 Å². The SMILES string of the molecule is C=C(CC(=O)OCCOCCCCCCCCCCCCCCCC)C(=O)O. The van der Waals surface area contributed by atoms with E-state index in [-0.39, 0.29) is 18.6 Å². The molecule has 1 N–H and O–H groups in total. The van der Waals surface area contributed by atoms with Gasteiger partial charge in [-0.05, 0) is 6.42 Å². The van der Waals surface area contributed by atoms with Gasteiger partial charge >= 0.3 is 11.9 Å². The summed E-state index contributed by atoms with van der Waals surface area (Å²) in [7, 11) is 0. The van der Waals surface area contributed by atoms with E-state index in [1.807, 2.05) is 0 Å². The van der Waals surface area contributed by atoms with E-state index >= 15 is 0 Å². The summed E-state index contributed by atoms with van der Waals surface area (Å²) < 4.78 is 10.3. The van der Waals surface area contributed by atoms with Crippen molar-refractivity contribution in [3.63, 3.8) is 0 Å². The Kier molecular flexibility index (Phi) is 19.4. The Hall–Kier alpha value is -1.36. The molecule has 164 valence electrons. The molecule has 0 amide bonds. The lowest BCUT2D eigenvalue weighted by Crippen LogP contribution is -2.13. The molecule has 0 aliphatic rings. The van der Waals surface area contributed by atoms with Gasteiger partial charge in [-0.25, -0.2) is 4.79 Å². The van der Waals surface area contributed by atoms with Crippen molar-refractivity contribution in [1.82, 2.24) is 0 Å². The first-order valence-electron chi connectivity index (χ1n) is 11.2. The maximum absolute atomic E-state index is 11.3. The van der Waals surface area contributed by atoms with Gasteiger partial charge in [0.05, 0.1) is 13.0 Å². The van der Waals surface area contributed by atoms with E-state index in [1.165, 1.54) is 83.5 Å². The van der Waals surface area contributed by atoms with Crippen LogP contribution in [0.3, 0.4) is 0 Å². The van der Waals surface area contributed by atoms with E-state index < -0.39 is 11.9 Å². The highest BCUT2D eigenvalue weighted by molar-refractivity contribution is 5.91. The number of carboxylic acids is 1. The first-order chi connectivity index (χ1) is 13.6. The highest BCUT2D eigenvalue weighted by Gasteiger charge is 2.10. The van der Waals surface area contributed by atoms with Gasteiger partial charge in [-0.2, -0.15) is 0 Å². The van der Waals surface area contributed by atoms with E-state index in [1.54, 1.807) is 0 Å². The summed E-state index contributed by atoms with van der Waals surface area (Å²) >= 11 is 0. The second-order valence-electron chi connectivity index (χ2n) is 7.51. The van der Waals surface area contributed by atoms with Crippen LogP contribution >= 0.6 is 0 Å². The summed E-state index contributed by atoms with van der Waals surface area (Å²) in [6.45, 7) is 6.74. The minimum Gasteiger partial charge on any atom is -0.478 e. The average Bonchev–Trinajstić information content (AvgIpc) is 2.66. The number of carboxylic acid groups (broad SMARTS) is 1. The standard InChI is InChI=1S/C23H42O5/c1-3-4-5-6-7-8-9-10-11-12-13-14-15-16-17-27-18-19-28-22(24)20-21(2)23(25)26/h2-20H2,1H3,(H,25,26). The summed E-state index contributed by atoms with van der Waals surface area (Å²) in [5, 5.41) is 8.63. The lowest BCUT2D eigenvalue weighted by Gasteiger charge is -2.06. The second kappa shape index (κ2) is 20.4. The Morgan fingerprint density at radius 2 is 1.18 bits per heavy atom. The molecule has 0 saturated carbocycles. The van der Waals surface area contributed by atoms with Gasteiger partial charge in [-0.15, -0.1) is 0 Å². The molecule has 0 spiro atoms. The smallest absolute Gasteiger partial charge is 0.331 e. The maximum Gasteiger partial charge on any atom is 0.331 e. The normalized spacial score (nSPS) is 10.8. The van der Waals surface area contributed by atoms with Crippen molar-refractivity contribution < 1.29 is 24.2 Å². The zero-order valence-electron chi connectivity index (χ0n) is 18.0. The molecule has 0 aliphatic carbocycles. The number of aliphatic carboxylic acids is 1. The Morgan fingerprint density at radius 3 is 1.64 bits per heavy atom. The van der Waals surface area contributed by atoms with Crippen molar-refractivity contribution in [2.45, 2.75) is 103 Å². The molecule has 0 rings (SSSR count).